The Kier molecular flexibility index (Phi) is 5.78. The first-order valence-corrected chi connectivity index (χ1v) is 12.0. The average Bonchev–Trinajstić information content (AvgIpc) is 3.30. The number of phenols is 1. The van der Waals surface area contributed by atoms with Crippen molar-refractivity contribution in [3.8, 4) is 5.75 Å². The molecule has 0 atom stereocenters. The summed E-state index contributed by atoms with van der Waals surface area (Å²) in [7, 11) is -3.60. The molecule has 0 spiro atoms. The number of piperidine rings is 1. The van der Waals surface area contributed by atoms with Crippen molar-refractivity contribution >= 4 is 33.0 Å². The molecule has 3 aromatic rings. The molecule has 1 fully saturated rings. The van der Waals surface area contributed by atoms with E-state index < -0.39 is 10.0 Å². The number of phenolic OH excluding ortho intramolecular Hbond substituents is 1. The molecule has 1 amide bonds. The van der Waals surface area contributed by atoms with Gasteiger partial charge in [-0.1, -0.05) is 18.2 Å². The van der Waals surface area contributed by atoms with E-state index in [0.29, 0.717) is 30.3 Å². The van der Waals surface area contributed by atoms with Crippen LogP contribution >= 0.6 is 11.3 Å². The van der Waals surface area contributed by atoms with Gasteiger partial charge in [-0.05, 0) is 72.2 Å². The van der Waals surface area contributed by atoms with Gasteiger partial charge in [0.1, 0.15) is 9.96 Å². The Balaban J connectivity index is 1.37. The molecule has 1 aromatic heterocycles. The topological polar surface area (TPSA) is 86.7 Å². The third kappa shape index (κ3) is 4.49. The quantitative estimate of drug-likeness (QED) is 0.618. The number of amides is 1. The number of rotatable bonds is 5. The number of carbonyl (C=O) groups is 1. The van der Waals surface area contributed by atoms with E-state index in [9.17, 15) is 18.3 Å². The number of thiophene rings is 1. The second-order valence-electron chi connectivity index (χ2n) is 7.27. The number of anilines is 1. The minimum absolute atomic E-state index is 0.0492. The molecule has 0 aliphatic carbocycles. The Hall–Kier alpha value is -2.84. The van der Waals surface area contributed by atoms with Crippen molar-refractivity contribution in [3.63, 3.8) is 0 Å². The molecule has 1 saturated heterocycles. The molecular weight excluding hydrogens is 420 g/mol. The van der Waals surface area contributed by atoms with Gasteiger partial charge in [0.15, 0.2) is 0 Å². The van der Waals surface area contributed by atoms with E-state index >= 15 is 0 Å². The fraction of sp³-hybridized carbons (Fsp3) is 0.227. The van der Waals surface area contributed by atoms with Crippen molar-refractivity contribution in [2.45, 2.75) is 23.0 Å². The number of hydrogen-bond donors (Lipinski definition) is 2. The Labute approximate surface area is 179 Å². The molecule has 0 bridgehead atoms. The predicted octanol–water partition coefficient (Wildman–Crippen LogP) is 4.27. The lowest BCUT2D eigenvalue weighted by Crippen LogP contribution is -2.37. The van der Waals surface area contributed by atoms with Crippen LogP contribution in [0.3, 0.4) is 0 Å². The number of hydrogen-bond acceptors (Lipinski definition) is 5. The highest BCUT2D eigenvalue weighted by Crippen LogP contribution is 2.30. The number of nitrogens with zero attached hydrogens (tertiary/aromatic N) is 1. The van der Waals surface area contributed by atoms with E-state index in [2.05, 4.69) is 4.72 Å². The van der Waals surface area contributed by atoms with Gasteiger partial charge in [-0.3, -0.25) is 9.52 Å². The van der Waals surface area contributed by atoms with Crippen molar-refractivity contribution in [1.29, 1.82) is 0 Å². The maximum atomic E-state index is 12.8. The first-order chi connectivity index (χ1) is 14.4. The molecule has 30 heavy (non-hydrogen) atoms. The van der Waals surface area contributed by atoms with Crippen molar-refractivity contribution in [2.24, 2.45) is 0 Å². The van der Waals surface area contributed by atoms with E-state index in [1.807, 2.05) is 17.0 Å². The SMILES string of the molecule is O=C(c1ccc(NS(=O)(=O)c2cccs2)cc1)N1CCC(c2ccc(O)cc2)CC1. The number of sulfonamides is 1. The lowest BCUT2D eigenvalue weighted by molar-refractivity contribution is 0.0713. The highest BCUT2D eigenvalue weighted by molar-refractivity contribution is 7.94. The van der Waals surface area contributed by atoms with Crippen molar-refractivity contribution in [3.05, 3.63) is 77.2 Å². The second-order valence-corrected chi connectivity index (χ2v) is 10.1. The number of carbonyl (C=O) groups excluding carboxylic acids is 1. The number of likely N-dealkylation sites (tertiary alicyclic amines) is 1. The number of aromatic hydroxyl groups is 1. The summed E-state index contributed by atoms with van der Waals surface area (Å²) in [5, 5.41) is 11.1. The lowest BCUT2D eigenvalue weighted by Gasteiger charge is -2.32. The average molecular weight is 443 g/mol. The molecule has 0 unspecified atom stereocenters. The monoisotopic (exact) mass is 442 g/mol. The van der Waals surface area contributed by atoms with Gasteiger partial charge in [0, 0.05) is 24.3 Å². The Bertz CT molecular complexity index is 1100. The summed E-state index contributed by atoms with van der Waals surface area (Å²) in [5.74, 6) is 0.586. The van der Waals surface area contributed by atoms with Crippen molar-refractivity contribution in [2.75, 3.05) is 17.8 Å². The zero-order chi connectivity index (χ0) is 21.1. The Morgan fingerprint density at radius 2 is 1.67 bits per heavy atom. The molecule has 1 aliphatic heterocycles. The minimum atomic E-state index is -3.60. The van der Waals surface area contributed by atoms with Crippen LogP contribution in [-0.2, 0) is 10.0 Å². The molecule has 2 heterocycles. The van der Waals surface area contributed by atoms with Gasteiger partial charge in [0.2, 0.25) is 0 Å². The van der Waals surface area contributed by atoms with Crippen LogP contribution < -0.4 is 4.72 Å². The summed E-state index contributed by atoms with van der Waals surface area (Å²) >= 11 is 1.15. The zero-order valence-electron chi connectivity index (χ0n) is 16.2. The first-order valence-electron chi connectivity index (χ1n) is 9.67. The molecule has 2 N–H and O–H groups in total. The summed E-state index contributed by atoms with van der Waals surface area (Å²) in [6.07, 6.45) is 1.74. The van der Waals surface area contributed by atoms with Gasteiger partial charge in [0.25, 0.3) is 15.9 Å². The molecule has 4 rings (SSSR count). The highest BCUT2D eigenvalue weighted by atomic mass is 32.2. The fourth-order valence-corrected chi connectivity index (χ4v) is 5.70. The van der Waals surface area contributed by atoms with E-state index in [4.69, 9.17) is 0 Å². The van der Waals surface area contributed by atoms with E-state index in [1.165, 1.54) is 5.56 Å². The fourth-order valence-electron chi connectivity index (χ4n) is 3.65. The van der Waals surface area contributed by atoms with E-state index in [1.54, 1.807) is 53.9 Å². The predicted molar refractivity (Wildman–Crippen MR) is 118 cm³/mol. The highest BCUT2D eigenvalue weighted by Gasteiger charge is 2.24. The zero-order valence-corrected chi connectivity index (χ0v) is 17.8. The Morgan fingerprint density at radius 1 is 1.00 bits per heavy atom. The van der Waals surface area contributed by atoms with Crippen molar-refractivity contribution in [1.82, 2.24) is 4.90 Å². The maximum absolute atomic E-state index is 12.8. The van der Waals surface area contributed by atoms with E-state index in [-0.39, 0.29) is 15.9 Å². The molecular formula is C22H22N2O4S2. The van der Waals surface area contributed by atoms with E-state index in [0.717, 1.165) is 24.2 Å². The van der Waals surface area contributed by atoms with Gasteiger partial charge in [-0.15, -0.1) is 11.3 Å². The van der Waals surface area contributed by atoms with Crippen molar-refractivity contribution < 1.29 is 18.3 Å². The molecule has 0 saturated carbocycles. The smallest absolute Gasteiger partial charge is 0.271 e. The van der Waals surface area contributed by atoms with Gasteiger partial charge < -0.3 is 10.0 Å². The molecule has 2 aromatic carbocycles. The molecule has 6 nitrogen and oxygen atoms in total. The van der Waals surface area contributed by atoms with Crippen LogP contribution in [-0.4, -0.2) is 37.4 Å². The standard InChI is InChI=1S/C22H22N2O4S2/c25-20-9-5-16(6-10-20)17-11-13-24(14-12-17)22(26)18-3-7-19(8-4-18)23-30(27,28)21-2-1-15-29-21/h1-10,15,17,23,25H,11-14H2. The third-order valence-corrected chi connectivity index (χ3v) is 8.07. The van der Waals surface area contributed by atoms with Gasteiger partial charge in [-0.2, -0.15) is 0 Å². The largest absolute Gasteiger partial charge is 0.508 e. The lowest BCUT2D eigenvalue weighted by atomic mass is 9.89. The number of nitrogens with one attached hydrogen (secondary N) is 1. The number of benzene rings is 2. The van der Waals surface area contributed by atoms with Crippen LogP contribution in [0.5, 0.6) is 5.75 Å². The first kappa shape index (κ1) is 20.4. The Morgan fingerprint density at radius 3 is 2.27 bits per heavy atom. The summed E-state index contributed by atoms with van der Waals surface area (Å²) in [5.41, 5.74) is 2.14. The molecule has 156 valence electrons. The maximum Gasteiger partial charge on any atom is 0.271 e. The third-order valence-electron chi connectivity index (χ3n) is 5.29. The van der Waals surface area contributed by atoms with Crippen LogP contribution in [0.2, 0.25) is 0 Å². The second kappa shape index (κ2) is 8.49. The summed E-state index contributed by atoms with van der Waals surface area (Å²) in [6, 6.07) is 17.0. The van der Waals surface area contributed by atoms with Gasteiger partial charge >= 0.3 is 0 Å². The van der Waals surface area contributed by atoms with Crippen LogP contribution in [0.4, 0.5) is 5.69 Å². The molecule has 1 aliphatic rings. The van der Waals surface area contributed by atoms with Crippen LogP contribution in [0, 0.1) is 0 Å². The normalized spacial score (nSPS) is 15.1. The molecule has 0 radical (unpaired) electrons. The minimum Gasteiger partial charge on any atom is -0.508 e. The summed E-state index contributed by atoms with van der Waals surface area (Å²) < 4.78 is 27.4. The van der Waals surface area contributed by atoms with Gasteiger partial charge in [0.05, 0.1) is 0 Å². The molecule has 8 heteroatoms. The summed E-state index contributed by atoms with van der Waals surface area (Å²) in [6.45, 7) is 1.33. The van der Waals surface area contributed by atoms with Crippen LogP contribution in [0.25, 0.3) is 0 Å². The van der Waals surface area contributed by atoms with Gasteiger partial charge in [-0.25, -0.2) is 8.42 Å². The van der Waals surface area contributed by atoms with Crippen LogP contribution in [0.15, 0.2) is 70.3 Å². The van der Waals surface area contributed by atoms with Crippen LogP contribution in [0.1, 0.15) is 34.7 Å². The summed E-state index contributed by atoms with van der Waals surface area (Å²) in [4.78, 5) is 14.7.